The van der Waals surface area contributed by atoms with Gasteiger partial charge in [0.2, 0.25) is 0 Å². The molecule has 8 heavy (non-hydrogen) atoms. The van der Waals surface area contributed by atoms with Crippen molar-refractivity contribution >= 4 is 6.29 Å². The van der Waals surface area contributed by atoms with Gasteiger partial charge in [-0.3, -0.25) is 6.29 Å². The molecule has 0 amide bonds. The summed E-state index contributed by atoms with van der Waals surface area (Å²) in [5, 5.41) is 0. The van der Waals surface area contributed by atoms with E-state index in [-0.39, 0.29) is 32.7 Å². The van der Waals surface area contributed by atoms with E-state index in [1.54, 1.807) is 0 Å². The largest absolute Gasteiger partial charge is 0.542 e. The fourth-order valence-corrected chi connectivity index (χ4v) is 0.287. The van der Waals surface area contributed by atoms with Crippen molar-refractivity contribution < 1.29 is 37.5 Å². The minimum absolute atomic E-state index is 0. The van der Waals surface area contributed by atoms with Crippen molar-refractivity contribution in [3.63, 3.8) is 0 Å². The van der Waals surface area contributed by atoms with E-state index in [4.69, 9.17) is 0 Å². The van der Waals surface area contributed by atoms with Crippen LogP contribution in [0.1, 0.15) is 26.7 Å². The summed E-state index contributed by atoms with van der Waals surface area (Å²) in [6, 6.07) is 0. The molecule has 0 N–H and O–H groups in total. The fraction of sp³-hybridized carbons (Fsp3) is 0.833. The first kappa shape index (κ1) is 11.6. The molecule has 0 fully saturated rings. The van der Waals surface area contributed by atoms with Crippen LogP contribution in [0.5, 0.6) is 0 Å². The zero-order chi connectivity index (χ0) is 5.70. The summed E-state index contributed by atoms with van der Waals surface area (Å²) in [5.74, 6) is 0.525. The first-order chi connectivity index (χ1) is 3.31. The second kappa shape index (κ2) is 7.77. The molecule has 45 valence electrons. The van der Waals surface area contributed by atoms with Gasteiger partial charge in [0.15, 0.2) is 0 Å². The first-order valence-corrected chi connectivity index (χ1v) is 2.66. The predicted molar refractivity (Wildman–Crippen MR) is 29.8 cm³/mol. The van der Waals surface area contributed by atoms with Crippen molar-refractivity contribution in [2.45, 2.75) is 26.7 Å². The zero-order valence-electron chi connectivity index (χ0n) is 5.48. The number of hydrogen-bond acceptors (Lipinski definition) is 1. The molecule has 1 radical (unpaired) electrons. The van der Waals surface area contributed by atoms with Crippen LogP contribution in [-0.4, -0.2) is 6.29 Å². The summed E-state index contributed by atoms with van der Waals surface area (Å²) >= 11 is 0. The average Bonchev–Trinajstić information content (AvgIpc) is 1.68. The third-order valence-corrected chi connectivity index (χ3v) is 1.13. The van der Waals surface area contributed by atoms with Crippen molar-refractivity contribution in [3.05, 3.63) is 0 Å². The van der Waals surface area contributed by atoms with Crippen molar-refractivity contribution in [3.8, 4) is 0 Å². The van der Waals surface area contributed by atoms with E-state index in [0.717, 1.165) is 6.42 Å². The Morgan fingerprint density at radius 2 is 2.12 bits per heavy atom. The van der Waals surface area contributed by atoms with Crippen LogP contribution in [0.4, 0.5) is 0 Å². The molecule has 0 aliphatic carbocycles. The third-order valence-electron chi connectivity index (χ3n) is 1.13. The Balaban J connectivity index is 0. The Morgan fingerprint density at radius 1 is 1.62 bits per heavy atom. The fourth-order valence-electron chi connectivity index (χ4n) is 0.287. The molecular weight excluding hydrogens is 177 g/mol. The number of hydrogen-bond donors (Lipinski definition) is 0. The van der Waals surface area contributed by atoms with Gasteiger partial charge in [0.05, 0.1) is 0 Å². The van der Waals surface area contributed by atoms with Gasteiger partial charge in [-0.2, -0.15) is 0 Å². The standard InChI is InChI=1S/C6H11O.Y/c1-3-6(2)4-5-7;/h6H,3-4H2,1-2H3;/q-1;. The average molecular weight is 188 g/mol. The molecule has 1 unspecified atom stereocenters. The van der Waals surface area contributed by atoms with Crippen LogP contribution in [0.2, 0.25) is 0 Å². The molecule has 2 heteroatoms. The summed E-state index contributed by atoms with van der Waals surface area (Å²) < 4.78 is 0. The van der Waals surface area contributed by atoms with Gasteiger partial charge >= 0.3 is 0 Å². The minimum Gasteiger partial charge on any atom is -0.542 e. The van der Waals surface area contributed by atoms with Crippen LogP contribution in [0.25, 0.3) is 0 Å². The van der Waals surface area contributed by atoms with Crippen LogP contribution < -0.4 is 0 Å². The van der Waals surface area contributed by atoms with Crippen molar-refractivity contribution in [1.82, 2.24) is 0 Å². The smallest absolute Gasteiger partial charge is 0 e. The molecular formula is C6H11OY-. The van der Waals surface area contributed by atoms with Gasteiger partial charge in [-0.15, -0.1) is 6.42 Å². The Morgan fingerprint density at radius 3 is 2.25 bits per heavy atom. The van der Waals surface area contributed by atoms with Crippen LogP contribution in [0, 0.1) is 5.92 Å². The second-order valence-electron chi connectivity index (χ2n) is 1.86. The molecule has 0 aliphatic heterocycles. The van der Waals surface area contributed by atoms with Gasteiger partial charge in [0.25, 0.3) is 0 Å². The molecule has 0 aromatic carbocycles. The van der Waals surface area contributed by atoms with E-state index >= 15 is 0 Å². The molecule has 0 aliphatic rings. The maximum absolute atomic E-state index is 9.65. The van der Waals surface area contributed by atoms with Crippen molar-refractivity contribution in [2.75, 3.05) is 0 Å². The van der Waals surface area contributed by atoms with Gasteiger partial charge in [0, 0.05) is 32.7 Å². The molecule has 0 bridgehead atoms. The molecule has 0 rings (SSSR count). The molecule has 0 aromatic rings. The summed E-state index contributed by atoms with van der Waals surface area (Å²) in [5.41, 5.74) is 0. The number of rotatable bonds is 3. The maximum atomic E-state index is 9.65. The molecule has 1 nitrogen and oxygen atoms in total. The molecule has 1 atom stereocenters. The van der Waals surface area contributed by atoms with E-state index in [0.29, 0.717) is 12.3 Å². The van der Waals surface area contributed by atoms with E-state index in [1.807, 2.05) is 13.2 Å². The Hall–Kier alpha value is 0.774. The summed E-state index contributed by atoms with van der Waals surface area (Å²) in [6.07, 6.45) is 3.54. The second-order valence-corrected chi connectivity index (χ2v) is 1.86. The van der Waals surface area contributed by atoms with Gasteiger partial charge in [-0.05, 0) is 0 Å². The zero-order valence-corrected chi connectivity index (χ0v) is 8.32. The molecule has 0 aromatic heterocycles. The van der Waals surface area contributed by atoms with E-state index < -0.39 is 0 Å². The number of carbonyl (C=O) groups excluding carboxylic acids is 1. The van der Waals surface area contributed by atoms with Gasteiger partial charge < -0.3 is 4.79 Å². The first-order valence-electron chi connectivity index (χ1n) is 2.66. The van der Waals surface area contributed by atoms with Crippen molar-refractivity contribution in [1.29, 1.82) is 0 Å². The van der Waals surface area contributed by atoms with Gasteiger partial charge in [-0.1, -0.05) is 26.2 Å². The van der Waals surface area contributed by atoms with Gasteiger partial charge in [0.1, 0.15) is 0 Å². The Kier molecular flexibility index (Phi) is 11.2. The van der Waals surface area contributed by atoms with Crippen LogP contribution in [0.15, 0.2) is 0 Å². The van der Waals surface area contributed by atoms with E-state index in [9.17, 15) is 4.79 Å². The van der Waals surface area contributed by atoms with Gasteiger partial charge in [-0.25, -0.2) is 0 Å². The summed E-state index contributed by atoms with van der Waals surface area (Å²) in [4.78, 5) is 9.65. The quantitative estimate of drug-likeness (QED) is 0.613. The molecule has 0 heterocycles. The van der Waals surface area contributed by atoms with E-state index in [2.05, 4.69) is 6.92 Å². The summed E-state index contributed by atoms with van der Waals surface area (Å²) in [7, 11) is 0. The van der Waals surface area contributed by atoms with Crippen LogP contribution in [-0.2, 0) is 37.5 Å². The molecule has 0 spiro atoms. The molecule has 0 saturated carbocycles. The SMILES string of the molecule is CCC(C)C[C-]=O.[Y]. The predicted octanol–water partition coefficient (Wildman–Crippen LogP) is 1.53. The maximum Gasteiger partial charge on any atom is 0 e. The monoisotopic (exact) mass is 188 g/mol. The van der Waals surface area contributed by atoms with Crippen LogP contribution >= 0.6 is 0 Å². The van der Waals surface area contributed by atoms with Crippen LogP contribution in [0.3, 0.4) is 0 Å². The Labute approximate surface area is 76.1 Å². The topological polar surface area (TPSA) is 17.1 Å². The van der Waals surface area contributed by atoms with E-state index in [1.165, 1.54) is 0 Å². The Bertz CT molecular complexity index is 54.5. The normalized spacial score (nSPS) is 11.8. The molecule has 0 saturated heterocycles. The van der Waals surface area contributed by atoms with Crippen molar-refractivity contribution in [2.24, 2.45) is 5.92 Å². The third kappa shape index (κ3) is 6.77. The minimum atomic E-state index is 0. The summed E-state index contributed by atoms with van der Waals surface area (Å²) in [6.45, 7) is 4.12.